The molecule has 3 nitrogen and oxygen atoms in total. The zero-order valence-corrected chi connectivity index (χ0v) is 14.2. The van der Waals surface area contributed by atoms with Crippen LogP contribution in [0.5, 0.6) is 0 Å². The predicted molar refractivity (Wildman–Crippen MR) is 87.4 cm³/mol. The average molecular weight is 295 g/mol. The van der Waals surface area contributed by atoms with Gasteiger partial charge in [0.25, 0.3) is 0 Å². The lowest BCUT2D eigenvalue weighted by Gasteiger charge is -2.31. The maximum Gasteiger partial charge on any atom is 0.107 e. The highest BCUT2D eigenvalue weighted by Gasteiger charge is 2.21. The molecule has 0 amide bonds. The lowest BCUT2D eigenvalue weighted by molar-refractivity contribution is 0.175. The second kappa shape index (κ2) is 7.01. The van der Waals surface area contributed by atoms with Crippen molar-refractivity contribution in [3.05, 3.63) is 16.1 Å². The summed E-state index contributed by atoms with van der Waals surface area (Å²) in [6.07, 6.45) is 4.72. The van der Waals surface area contributed by atoms with E-state index in [4.69, 9.17) is 0 Å². The number of thiazole rings is 1. The molecule has 0 atom stereocenters. The lowest BCUT2D eigenvalue weighted by Crippen LogP contribution is -2.36. The van der Waals surface area contributed by atoms with E-state index in [-0.39, 0.29) is 5.41 Å². The van der Waals surface area contributed by atoms with Gasteiger partial charge in [0.1, 0.15) is 5.01 Å². The van der Waals surface area contributed by atoms with Gasteiger partial charge in [-0.3, -0.25) is 4.90 Å². The van der Waals surface area contributed by atoms with Crippen molar-refractivity contribution in [1.82, 2.24) is 15.2 Å². The van der Waals surface area contributed by atoms with Gasteiger partial charge in [0, 0.05) is 11.1 Å². The molecular weight excluding hydrogens is 266 g/mol. The van der Waals surface area contributed by atoms with Gasteiger partial charge in [-0.1, -0.05) is 27.7 Å². The Balaban J connectivity index is 1.79. The van der Waals surface area contributed by atoms with Crippen molar-refractivity contribution in [1.29, 1.82) is 0 Å². The number of piperidine rings is 1. The number of likely N-dealkylation sites (tertiary alicyclic amines) is 1. The summed E-state index contributed by atoms with van der Waals surface area (Å²) in [5.74, 6) is 0.868. The molecule has 0 spiro atoms. The molecule has 0 radical (unpaired) electrons. The summed E-state index contributed by atoms with van der Waals surface area (Å²) in [6.45, 7) is 14.7. The Morgan fingerprint density at radius 3 is 2.60 bits per heavy atom. The number of aromatic nitrogens is 1. The molecule has 1 N–H and O–H groups in total. The zero-order valence-electron chi connectivity index (χ0n) is 13.4. The van der Waals surface area contributed by atoms with Gasteiger partial charge < -0.3 is 5.32 Å². The molecule has 0 bridgehead atoms. The number of nitrogens with zero attached hydrogens (tertiary/aromatic N) is 2. The van der Waals surface area contributed by atoms with Crippen molar-refractivity contribution in [2.45, 2.75) is 52.5 Å². The molecule has 2 heterocycles. The molecule has 0 aliphatic carbocycles. The predicted octanol–water partition coefficient (Wildman–Crippen LogP) is 3.26. The normalized spacial score (nSPS) is 18.6. The minimum atomic E-state index is 0.231. The van der Waals surface area contributed by atoms with Crippen LogP contribution < -0.4 is 5.32 Å². The first-order valence-electron chi connectivity index (χ1n) is 7.87. The Morgan fingerprint density at radius 2 is 2.05 bits per heavy atom. The van der Waals surface area contributed by atoms with Crippen LogP contribution in [-0.4, -0.2) is 36.1 Å². The Morgan fingerprint density at radius 1 is 1.35 bits per heavy atom. The van der Waals surface area contributed by atoms with Gasteiger partial charge in [0.05, 0.1) is 6.54 Å². The quantitative estimate of drug-likeness (QED) is 0.903. The summed E-state index contributed by atoms with van der Waals surface area (Å²) < 4.78 is 0. The topological polar surface area (TPSA) is 28.2 Å². The Bertz CT molecular complexity index is 400. The van der Waals surface area contributed by atoms with Crippen molar-refractivity contribution in [3.8, 4) is 0 Å². The highest BCUT2D eigenvalue weighted by molar-refractivity contribution is 7.11. The van der Waals surface area contributed by atoms with Gasteiger partial charge in [-0.05, 0) is 50.4 Å². The summed E-state index contributed by atoms with van der Waals surface area (Å²) >= 11 is 1.88. The molecule has 0 saturated carbocycles. The summed E-state index contributed by atoms with van der Waals surface area (Å²) in [7, 11) is 0. The minimum Gasteiger partial charge on any atom is -0.317 e. The van der Waals surface area contributed by atoms with Crippen LogP contribution in [0.4, 0.5) is 0 Å². The second-order valence-corrected chi connectivity index (χ2v) is 8.01. The number of rotatable bonds is 5. The van der Waals surface area contributed by atoms with Gasteiger partial charge in [0.15, 0.2) is 0 Å². The molecule has 1 aromatic heterocycles. The van der Waals surface area contributed by atoms with Gasteiger partial charge in [-0.15, -0.1) is 11.3 Å². The minimum absolute atomic E-state index is 0.231. The molecular formula is C16H29N3S. The maximum atomic E-state index is 4.61. The molecule has 2 rings (SSSR count). The van der Waals surface area contributed by atoms with Crippen LogP contribution in [-0.2, 0) is 12.0 Å². The number of nitrogens with one attached hydrogen (secondary N) is 1. The Hall–Kier alpha value is -0.450. The maximum absolute atomic E-state index is 4.61. The van der Waals surface area contributed by atoms with Crippen LogP contribution in [0.15, 0.2) is 6.20 Å². The summed E-state index contributed by atoms with van der Waals surface area (Å²) in [4.78, 5) is 8.57. The monoisotopic (exact) mass is 295 g/mol. The molecule has 114 valence electrons. The fourth-order valence-electron chi connectivity index (χ4n) is 2.62. The van der Waals surface area contributed by atoms with E-state index in [0.717, 1.165) is 19.0 Å². The van der Waals surface area contributed by atoms with Gasteiger partial charge in [0.2, 0.25) is 0 Å². The van der Waals surface area contributed by atoms with E-state index >= 15 is 0 Å². The van der Waals surface area contributed by atoms with Crippen molar-refractivity contribution in [2.75, 3.05) is 26.2 Å². The largest absolute Gasteiger partial charge is 0.317 e. The molecule has 1 aliphatic heterocycles. The van der Waals surface area contributed by atoms with Crippen LogP contribution in [0, 0.1) is 5.92 Å². The van der Waals surface area contributed by atoms with Gasteiger partial charge >= 0.3 is 0 Å². The Kier molecular flexibility index (Phi) is 5.58. The van der Waals surface area contributed by atoms with E-state index in [1.807, 2.05) is 11.3 Å². The van der Waals surface area contributed by atoms with Crippen LogP contribution in [0.3, 0.4) is 0 Å². The molecule has 20 heavy (non-hydrogen) atoms. The van der Waals surface area contributed by atoms with E-state index in [1.54, 1.807) is 0 Å². The van der Waals surface area contributed by atoms with Crippen molar-refractivity contribution in [2.24, 2.45) is 5.92 Å². The SMILES string of the molecule is CCNCC1CCN(Cc2ncc(C(C)(C)C)s2)CC1. The van der Waals surface area contributed by atoms with E-state index in [1.165, 1.54) is 42.4 Å². The summed E-state index contributed by atoms with van der Waals surface area (Å²) in [6, 6.07) is 0. The van der Waals surface area contributed by atoms with Crippen molar-refractivity contribution in [3.63, 3.8) is 0 Å². The van der Waals surface area contributed by atoms with Gasteiger partial charge in [-0.25, -0.2) is 4.98 Å². The first-order chi connectivity index (χ1) is 9.49. The zero-order chi connectivity index (χ0) is 14.6. The van der Waals surface area contributed by atoms with E-state index in [9.17, 15) is 0 Å². The second-order valence-electron chi connectivity index (χ2n) is 6.90. The third-order valence-electron chi connectivity index (χ3n) is 4.04. The first-order valence-corrected chi connectivity index (χ1v) is 8.69. The van der Waals surface area contributed by atoms with Crippen LogP contribution in [0.1, 0.15) is 50.4 Å². The van der Waals surface area contributed by atoms with Crippen molar-refractivity contribution >= 4 is 11.3 Å². The third kappa shape index (κ3) is 4.54. The fraction of sp³-hybridized carbons (Fsp3) is 0.812. The third-order valence-corrected chi connectivity index (χ3v) is 5.45. The molecule has 0 aromatic carbocycles. The molecule has 1 aliphatic rings. The van der Waals surface area contributed by atoms with Crippen LogP contribution in [0.2, 0.25) is 0 Å². The van der Waals surface area contributed by atoms with E-state index < -0.39 is 0 Å². The lowest BCUT2D eigenvalue weighted by atomic mass is 9.96. The molecule has 0 unspecified atom stereocenters. The van der Waals surface area contributed by atoms with Crippen LogP contribution >= 0.6 is 11.3 Å². The molecule has 1 saturated heterocycles. The van der Waals surface area contributed by atoms with E-state index in [0.29, 0.717) is 0 Å². The summed E-state index contributed by atoms with van der Waals surface area (Å²) in [5.41, 5.74) is 0.231. The standard InChI is InChI=1S/C16H29N3S/c1-5-17-10-13-6-8-19(9-7-13)12-15-18-11-14(20-15)16(2,3)4/h11,13,17H,5-10,12H2,1-4H3. The smallest absolute Gasteiger partial charge is 0.107 e. The highest BCUT2D eigenvalue weighted by Crippen LogP contribution is 2.28. The molecule has 1 fully saturated rings. The fourth-order valence-corrected chi connectivity index (χ4v) is 3.64. The highest BCUT2D eigenvalue weighted by atomic mass is 32.1. The van der Waals surface area contributed by atoms with Crippen molar-refractivity contribution < 1.29 is 0 Å². The van der Waals surface area contributed by atoms with E-state index in [2.05, 4.69) is 49.1 Å². The summed E-state index contributed by atoms with van der Waals surface area (Å²) in [5, 5.41) is 4.75. The van der Waals surface area contributed by atoms with Gasteiger partial charge in [-0.2, -0.15) is 0 Å². The number of hydrogen-bond donors (Lipinski definition) is 1. The Labute approximate surface area is 127 Å². The molecule has 4 heteroatoms. The average Bonchev–Trinajstić information content (AvgIpc) is 2.86. The van der Waals surface area contributed by atoms with Crippen LogP contribution in [0.25, 0.3) is 0 Å². The number of hydrogen-bond acceptors (Lipinski definition) is 4. The molecule has 1 aromatic rings. The first kappa shape index (κ1) is 15.9.